The van der Waals surface area contributed by atoms with Crippen LogP contribution in [0, 0.1) is 11.8 Å². The van der Waals surface area contributed by atoms with Gasteiger partial charge in [-0.3, -0.25) is 14.4 Å². The summed E-state index contributed by atoms with van der Waals surface area (Å²) in [7, 11) is 0. The number of nitrogens with zero attached hydrogens (tertiary/aromatic N) is 2. The largest absolute Gasteiger partial charge is 0.466 e. The number of carbonyl (C=O) groups excluding carboxylic acids is 3. The Morgan fingerprint density at radius 3 is 2.64 bits per heavy atom. The van der Waals surface area contributed by atoms with Gasteiger partial charge in [-0.25, -0.2) is 0 Å². The van der Waals surface area contributed by atoms with Crippen molar-refractivity contribution in [2.75, 3.05) is 19.8 Å². The van der Waals surface area contributed by atoms with Gasteiger partial charge in [0.25, 0.3) is 0 Å². The fourth-order valence-electron chi connectivity index (χ4n) is 6.24. The number of likely N-dealkylation sites (tertiary alicyclic amines) is 1. The maximum atomic E-state index is 14.2. The zero-order valence-corrected chi connectivity index (χ0v) is 22.6. The Kier molecular flexibility index (Phi) is 7.92. The first kappa shape index (κ1) is 26.8. The number of ether oxygens (including phenoxy) is 2. The van der Waals surface area contributed by atoms with Gasteiger partial charge in [-0.15, -0.1) is 6.58 Å². The predicted octanol–water partition coefficient (Wildman–Crippen LogP) is 2.32. The average molecular weight is 563 g/mol. The molecule has 4 rings (SSSR count). The lowest BCUT2D eigenvalue weighted by atomic mass is 9.70. The van der Waals surface area contributed by atoms with Crippen LogP contribution in [-0.2, 0) is 30.3 Å². The molecule has 1 aromatic carbocycles. The van der Waals surface area contributed by atoms with E-state index >= 15 is 0 Å². The highest BCUT2D eigenvalue weighted by atomic mass is 79.9. The van der Waals surface area contributed by atoms with Crippen LogP contribution in [0.4, 0.5) is 0 Å². The number of alkyl halides is 1. The van der Waals surface area contributed by atoms with Crippen LogP contribution in [-0.4, -0.2) is 87.1 Å². The highest BCUT2D eigenvalue weighted by Gasteiger charge is 2.77. The molecule has 9 heteroatoms. The molecule has 8 nitrogen and oxygen atoms in total. The second kappa shape index (κ2) is 10.6. The molecule has 1 N–H and O–H groups in total. The van der Waals surface area contributed by atoms with Crippen molar-refractivity contribution < 1.29 is 29.0 Å². The Hall–Kier alpha value is -2.23. The Morgan fingerprint density at radius 2 is 2.06 bits per heavy atom. The lowest BCUT2D eigenvalue weighted by molar-refractivity contribution is -0.156. The molecule has 0 aliphatic carbocycles. The van der Waals surface area contributed by atoms with E-state index in [1.165, 1.54) is 4.90 Å². The van der Waals surface area contributed by atoms with Gasteiger partial charge in [0.15, 0.2) is 0 Å². The summed E-state index contributed by atoms with van der Waals surface area (Å²) in [6.07, 6.45) is 1.86. The Balaban J connectivity index is 1.82. The number of benzene rings is 1. The van der Waals surface area contributed by atoms with Crippen molar-refractivity contribution in [1.82, 2.24) is 9.80 Å². The number of aliphatic hydroxyl groups excluding tert-OH is 1. The minimum atomic E-state index is -1.19. The summed E-state index contributed by atoms with van der Waals surface area (Å²) in [5.74, 6) is -2.77. The molecule has 196 valence electrons. The standard InChI is InChI=1S/C27H35BrN2O6/c1-5-12-29(16(3)4)25(33)23-27-14-19(28)22(36-27)20(26(34)35-6-2)21(27)24(32)30(23)18(15-31)13-17-10-8-7-9-11-17/h5,7-11,16,18-23,31H,1,6,12-15H2,2-4H3/t18-,19?,20-,21+,22-,23?,27?/m1/s1. The first-order valence-corrected chi connectivity index (χ1v) is 13.5. The first-order valence-electron chi connectivity index (χ1n) is 12.6. The number of fused-ring (bicyclic) bond motifs is 1. The lowest BCUT2D eigenvalue weighted by Gasteiger charge is -2.40. The number of aliphatic hydroxyl groups is 1. The predicted molar refractivity (Wildman–Crippen MR) is 137 cm³/mol. The highest BCUT2D eigenvalue weighted by molar-refractivity contribution is 9.09. The van der Waals surface area contributed by atoms with E-state index in [0.717, 1.165) is 5.56 Å². The van der Waals surface area contributed by atoms with E-state index < -0.39 is 41.6 Å². The van der Waals surface area contributed by atoms with Crippen LogP contribution >= 0.6 is 15.9 Å². The van der Waals surface area contributed by atoms with E-state index in [-0.39, 0.29) is 35.9 Å². The normalized spacial score (nSPS) is 31.4. The van der Waals surface area contributed by atoms with Crippen molar-refractivity contribution in [3.05, 3.63) is 48.6 Å². The molecule has 0 saturated carbocycles. The minimum Gasteiger partial charge on any atom is -0.466 e. The van der Waals surface area contributed by atoms with Crippen LogP contribution in [0.3, 0.4) is 0 Å². The molecule has 3 aliphatic heterocycles. The molecule has 2 bridgehead atoms. The van der Waals surface area contributed by atoms with Gasteiger partial charge in [-0.2, -0.15) is 0 Å². The van der Waals surface area contributed by atoms with Crippen molar-refractivity contribution in [1.29, 1.82) is 0 Å². The van der Waals surface area contributed by atoms with Crippen LogP contribution < -0.4 is 0 Å². The first-order chi connectivity index (χ1) is 17.2. The smallest absolute Gasteiger partial charge is 0.312 e. The van der Waals surface area contributed by atoms with Gasteiger partial charge in [0.2, 0.25) is 11.8 Å². The van der Waals surface area contributed by atoms with Gasteiger partial charge in [0.05, 0.1) is 37.2 Å². The number of halogens is 1. The molecular formula is C27H35BrN2O6. The second-order valence-electron chi connectivity index (χ2n) is 10.1. The zero-order chi connectivity index (χ0) is 26.2. The third kappa shape index (κ3) is 4.29. The maximum absolute atomic E-state index is 14.2. The monoisotopic (exact) mass is 562 g/mol. The fourth-order valence-corrected chi connectivity index (χ4v) is 7.18. The van der Waals surface area contributed by atoms with Crippen molar-refractivity contribution in [2.24, 2.45) is 11.8 Å². The summed E-state index contributed by atoms with van der Waals surface area (Å²) < 4.78 is 11.8. The van der Waals surface area contributed by atoms with Gasteiger partial charge in [-0.1, -0.05) is 52.3 Å². The van der Waals surface area contributed by atoms with Crippen LogP contribution in [0.2, 0.25) is 0 Å². The van der Waals surface area contributed by atoms with Crippen LogP contribution in [0.1, 0.15) is 32.8 Å². The van der Waals surface area contributed by atoms with E-state index in [2.05, 4.69) is 22.5 Å². The summed E-state index contributed by atoms with van der Waals surface area (Å²) in [6.45, 7) is 9.50. The molecule has 0 radical (unpaired) electrons. The van der Waals surface area contributed by atoms with E-state index in [9.17, 15) is 19.5 Å². The summed E-state index contributed by atoms with van der Waals surface area (Å²) in [5.41, 5.74) is -0.259. The van der Waals surface area contributed by atoms with E-state index in [1.54, 1.807) is 17.9 Å². The third-order valence-corrected chi connectivity index (χ3v) is 8.52. The SMILES string of the molecule is C=CCN(C(=O)C1N([C@@H](CO)Cc2ccccc2)C(=O)[C@@H]2[C@@H](C(=O)OCC)[C@@H]3OC12CC3Br)C(C)C. The van der Waals surface area contributed by atoms with Gasteiger partial charge < -0.3 is 24.4 Å². The maximum Gasteiger partial charge on any atom is 0.312 e. The molecule has 3 heterocycles. The second-order valence-corrected chi connectivity index (χ2v) is 11.2. The molecule has 3 fully saturated rings. The molecular weight excluding hydrogens is 528 g/mol. The summed E-state index contributed by atoms with van der Waals surface area (Å²) >= 11 is 3.65. The number of hydrogen-bond acceptors (Lipinski definition) is 6. The van der Waals surface area contributed by atoms with E-state index in [1.807, 2.05) is 44.2 Å². The van der Waals surface area contributed by atoms with Crippen LogP contribution in [0.15, 0.2) is 43.0 Å². The summed E-state index contributed by atoms with van der Waals surface area (Å²) in [5, 5.41) is 10.5. The van der Waals surface area contributed by atoms with Crippen LogP contribution in [0.25, 0.3) is 0 Å². The van der Waals surface area contributed by atoms with Crippen molar-refractivity contribution >= 4 is 33.7 Å². The Labute approximate surface area is 220 Å². The molecule has 0 aromatic heterocycles. The van der Waals surface area contributed by atoms with Gasteiger partial charge >= 0.3 is 5.97 Å². The molecule has 36 heavy (non-hydrogen) atoms. The molecule has 1 aromatic rings. The number of esters is 1. The molecule has 2 amide bonds. The zero-order valence-electron chi connectivity index (χ0n) is 21.0. The minimum absolute atomic E-state index is 0.149. The quantitative estimate of drug-likeness (QED) is 0.267. The van der Waals surface area contributed by atoms with Gasteiger partial charge in [-0.05, 0) is 39.2 Å². The van der Waals surface area contributed by atoms with Gasteiger partial charge in [0, 0.05) is 17.4 Å². The Morgan fingerprint density at radius 1 is 1.36 bits per heavy atom. The number of hydrogen-bond donors (Lipinski definition) is 1. The topological polar surface area (TPSA) is 96.4 Å². The summed E-state index contributed by atoms with van der Waals surface area (Å²) in [6, 6.07) is 7.75. The number of rotatable bonds is 10. The third-order valence-electron chi connectivity index (χ3n) is 7.67. The lowest BCUT2D eigenvalue weighted by Crippen LogP contribution is -2.60. The van der Waals surface area contributed by atoms with E-state index in [4.69, 9.17) is 9.47 Å². The molecule has 3 saturated heterocycles. The molecule has 7 atom stereocenters. The highest BCUT2D eigenvalue weighted by Crippen LogP contribution is 2.60. The molecule has 1 spiro atoms. The van der Waals surface area contributed by atoms with Gasteiger partial charge in [0.1, 0.15) is 11.6 Å². The van der Waals surface area contributed by atoms with Crippen molar-refractivity contribution in [3.63, 3.8) is 0 Å². The fraction of sp³-hybridized carbons (Fsp3) is 0.593. The molecule has 3 unspecified atom stereocenters. The molecule has 3 aliphatic rings. The van der Waals surface area contributed by atoms with Crippen molar-refractivity contribution in [3.8, 4) is 0 Å². The van der Waals surface area contributed by atoms with Crippen LogP contribution in [0.5, 0.6) is 0 Å². The number of carbonyl (C=O) groups is 3. The van der Waals surface area contributed by atoms with Crippen molar-refractivity contribution in [2.45, 2.75) is 68.3 Å². The number of amides is 2. The average Bonchev–Trinajstić information content (AvgIpc) is 3.44. The summed E-state index contributed by atoms with van der Waals surface area (Å²) in [4.78, 5) is 44.4. The Bertz CT molecular complexity index is 1000. The van der Waals surface area contributed by atoms with E-state index in [0.29, 0.717) is 19.4 Å².